The maximum absolute atomic E-state index is 5.61. The zero-order chi connectivity index (χ0) is 12.1. The zero-order valence-corrected chi connectivity index (χ0v) is 12.3. The van der Waals surface area contributed by atoms with Gasteiger partial charge in [0.25, 0.3) is 0 Å². The van der Waals surface area contributed by atoms with E-state index in [0.29, 0.717) is 6.61 Å². The van der Waals surface area contributed by atoms with Gasteiger partial charge in [-0.1, -0.05) is 18.2 Å². The van der Waals surface area contributed by atoms with Crippen LogP contribution < -0.4 is 4.74 Å². The monoisotopic (exact) mass is 358 g/mol. The van der Waals surface area contributed by atoms with Crippen molar-refractivity contribution >= 4 is 31.9 Å². The van der Waals surface area contributed by atoms with Gasteiger partial charge in [-0.3, -0.25) is 4.68 Å². The summed E-state index contributed by atoms with van der Waals surface area (Å²) in [5, 5.41) is 4.29. The quantitative estimate of drug-likeness (QED) is 0.757. The first-order valence-electron chi connectivity index (χ1n) is 5.32. The molecule has 0 saturated heterocycles. The molecule has 0 fully saturated rings. The van der Waals surface area contributed by atoms with Gasteiger partial charge in [0.2, 0.25) is 0 Å². The molecule has 0 bridgehead atoms. The Morgan fingerprint density at radius 1 is 1.18 bits per heavy atom. The van der Waals surface area contributed by atoms with Crippen LogP contribution in [0.3, 0.4) is 0 Å². The van der Waals surface area contributed by atoms with Crippen LogP contribution in [0.4, 0.5) is 0 Å². The first kappa shape index (κ1) is 12.6. The highest BCUT2D eigenvalue weighted by molar-refractivity contribution is 9.11. The predicted octanol–water partition coefficient (Wildman–Crippen LogP) is 3.88. The molecular formula is C12H12Br2N2O. The number of para-hydroxylation sites is 1. The Morgan fingerprint density at radius 2 is 1.94 bits per heavy atom. The second-order valence-corrected chi connectivity index (χ2v) is 5.15. The van der Waals surface area contributed by atoms with Gasteiger partial charge in [-0.2, -0.15) is 5.10 Å². The molecule has 1 aromatic carbocycles. The van der Waals surface area contributed by atoms with E-state index in [1.165, 1.54) is 0 Å². The average molecular weight is 360 g/mol. The number of aromatic nitrogens is 2. The summed E-state index contributed by atoms with van der Waals surface area (Å²) < 4.78 is 9.32. The average Bonchev–Trinajstić information content (AvgIpc) is 2.65. The van der Waals surface area contributed by atoms with Crippen LogP contribution in [0.25, 0.3) is 0 Å². The van der Waals surface area contributed by atoms with Crippen molar-refractivity contribution in [3.8, 4) is 5.75 Å². The van der Waals surface area contributed by atoms with Gasteiger partial charge in [-0.05, 0) is 44.0 Å². The molecule has 0 aliphatic heterocycles. The smallest absolute Gasteiger partial charge is 0.129 e. The fourth-order valence-corrected chi connectivity index (χ4v) is 2.63. The molecule has 0 radical (unpaired) electrons. The lowest BCUT2D eigenvalue weighted by atomic mass is 10.3. The van der Waals surface area contributed by atoms with Crippen molar-refractivity contribution in [2.75, 3.05) is 6.61 Å². The summed E-state index contributed by atoms with van der Waals surface area (Å²) in [7, 11) is 0. The number of ether oxygens (including phenoxy) is 1. The van der Waals surface area contributed by atoms with Gasteiger partial charge < -0.3 is 4.74 Å². The molecule has 2 aromatic rings. The molecule has 0 aliphatic carbocycles. The summed E-state index contributed by atoms with van der Waals surface area (Å²) in [6.45, 7) is 1.52. The van der Waals surface area contributed by atoms with Crippen LogP contribution in [0.5, 0.6) is 5.75 Å². The summed E-state index contributed by atoms with van der Waals surface area (Å²) in [5.41, 5.74) is 0. The number of halogens is 2. The summed E-state index contributed by atoms with van der Waals surface area (Å²) in [6.07, 6.45) is 0.918. The van der Waals surface area contributed by atoms with E-state index >= 15 is 0 Å². The van der Waals surface area contributed by atoms with Crippen LogP contribution in [0.15, 0.2) is 45.6 Å². The van der Waals surface area contributed by atoms with E-state index in [0.717, 1.165) is 27.9 Å². The Balaban J connectivity index is 1.75. The third-order valence-electron chi connectivity index (χ3n) is 2.23. The third-order valence-corrected chi connectivity index (χ3v) is 3.25. The molecule has 17 heavy (non-hydrogen) atoms. The maximum atomic E-state index is 5.61. The van der Waals surface area contributed by atoms with Gasteiger partial charge in [-0.15, -0.1) is 0 Å². The molecule has 0 spiro atoms. The molecule has 1 aromatic heterocycles. The minimum absolute atomic E-state index is 0.688. The number of benzene rings is 1. The second kappa shape index (κ2) is 6.21. The first-order valence-corrected chi connectivity index (χ1v) is 6.91. The maximum Gasteiger partial charge on any atom is 0.129 e. The van der Waals surface area contributed by atoms with E-state index in [-0.39, 0.29) is 0 Å². The molecule has 3 nitrogen and oxygen atoms in total. The van der Waals surface area contributed by atoms with E-state index in [1.54, 1.807) is 0 Å². The zero-order valence-electron chi connectivity index (χ0n) is 9.14. The summed E-state index contributed by atoms with van der Waals surface area (Å²) in [6, 6.07) is 11.8. The number of nitrogens with zero attached hydrogens (tertiary/aromatic N) is 2. The normalized spacial score (nSPS) is 10.5. The minimum Gasteiger partial charge on any atom is -0.494 e. The molecule has 0 aliphatic rings. The molecule has 90 valence electrons. The Bertz CT molecular complexity index is 471. The molecule has 0 N–H and O–H groups in total. The van der Waals surface area contributed by atoms with Crippen LogP contribution in [0, 0.1) is 0 Å². The van der Waals surface area contributed by atoms with Gasteiger partial charge in [0, 0.05) is 19.0 Å². The Kier molecular flexibility index (Phi) is 4.62. The SMILES string of the molecule is Brc1cc(Br)n(CCCOc2ccccc2)n1. The number of hydrogen-bond acceptors (Lipinski definition) is 2. The van der Waals surface area contributed by atoms with Gasteiger partial charge in [0.1, 0.15) is 15.0 Å². The van der Waals surface area contributed by atoms with Gasteiger partial charge in [0.05, 0.1) is 6.61 Å². The van der Waals surface area contributed by atoms with E-state index in [2.05, 4.69) is 37.0 Å². The third kappa shape index (κ3) is 3.85. The van der Waals surface area contributed by atoms with Crippen molar-refractivity contribution in [2.45, 2.75) is 13.0 Å². The Labute approximate surface area is 117 Å². The van der Waals surface area contributed by atoms with Crippen LogP contribution in [-0.2, 0) is 6.54 Å². The molecule has 0 amide bonds. The molecule has 5 heteroatoms. The highest BCUT2D eigenvalue weighted by Gasteiger charge is 2.02. The first-order chi connectivity index (χ1) is 8.25. The highest BCUT2D eigenvalue weighted by atomic mass is 79.9. The van der Waals surface area contributed by atoms with E-state index in [4.69, 9.17) is 4.74 Å². The molecular weight excluding hydrogens is 348 g/mol. The fourth-order valence-electron chi connectivity index (χ4n) is 1.44. The number of hydrogen-bond donors (Lipinski definition) is 0. The van der Waals surface area contributed by atoms with Crippen molar-refractivity contribution in [3.63, 3.8) is 0 Å². The van der Waals surface area contributed by atoms with Crippen molar-refractivity contribution in [1.82, 2.24) is 9.78 Å². The highest BCUT2D eigenvalue weighted by Crippen LogP contribution is 2.16. The minimum atomic E-state index is 0.688. The van der Waals surface area contributed by atoms with E-state index in [9.17, 15) is 0 Å². The lowest BCUT2D eigenvalue weighted by molar-refractivity contribution is 0.298. The number of aryl methyl sites for hydroxylation is 1. The lowest BCUT2D eigenvalue weighted by Crippen LogP contribution is -2.06. The van der Waals surface area contributed by atoms with Gasteiger partial charge in [-0.25, -0.2) is 0 Å². The lowest BCUT2D eigenvalue weighted by Gasteiger charge is -2.06. The molecule has 2 rings (SSSR count). The standard InChI is InChI=1S/C12H12Br2N2O/c13-11-9-12(14)16(15-11)7-4-8-17-10-5-2-1-3-6-10/h1-3,5-6,9H,4,7-8H2. The molecule has 0 saturated carbocycles. The molecule has 0 atom stereocenters. The van der Waals surface area contributed by atoms with Crippen LogP contribution >= 0.6 is 31.9 Å². The fraction of sp³-hybridized carbons (Fsp3) is 0.250. The summed E-state index contributed by atoms with van der Waals surface area (Å²) in [4.78, 5) is 0. The van der Waals surface area contributed by atoms with Crippen LogP contribution in [0.1, 0.15) is 6.42 Å². The molecule has 0 unspecified atom stereocenters. The summed E-state index contributed by atoms with van der Waals surface area (Å²) >= 11 is 6.78. The second-order valence-electron chi connectivity index (χ2n) is 3.53. The Morgan fingerprint density at radius 3 is 2.59 bits per heavy atom. The Hall–Kier alpha value is -0.810. The van der Waals surface area contributed by atoms with Crippen LogP contribution in [-0.4, -0.2) is 16.4 Å². The van der Waals surface area contributed by atoms with Gasteiger partial charge >= 0.3 is 0 Å². The number of rotatable bonds is 5. The van der Waals surface area contributed by atoms with Crippen molar-refractivity contribution in [1.29, 1.82) is 0 Å². The summed E-state index contributed by atoms with van der Waals surface area (Å²) in [5.74, 6) is 0.910. The van der Waals surface area contributed by atoms with Crippen LogP contribution in [0.2, 0.25) is 0 Å². The predicted molar refractivity (Wildman–Crippen MR) is 74.2 cm³/mol. The molecule has 1 heterocycles. The van der Waals surface area contributed by atoms with Crippen molar-refractivity contribution in [2.24, 2.45) is 0 Å². The van der Waals surface area contributed by atoms with E-state index in [1.807, 2.05) is 41.1 Å². The van der Waals surface area contributed by atoms with Crippen molar-refractivity contribution < 1.29 is 4.74 Å². The van der Waals surface area contributed by atoms with E-state index < -0.39 is 0 Å². The largest absolute Gasteiger partial charge is 0.494 e. The van der Waals surface area contributed by atoms with Gasteiger partial charge in [0.15, 0.2) is 0 Å². The van der Waals surface area contributed by atoms with Crippen molar-refractivity contribution in [3.05, 3.63) is 45.6 Å². The topological polar surface area (TPSA) is 27.1 Å².